The van der Waals surface area contributed by atoms with Crippen molar-refractivity contribution in [3.63, 3.8) is 0 Å². The van der Waals surface area contributed by atoms with Gasteiger partial charge in [-0.3, -0.25) is 9.59 Å². The lowest BCUT2D eigenvalue weighted by Gasteiger charge is -2.12. The zero-order valence-corrected chi connectivity index (χ0v) is 14.0. The fourth-order valence-corrected chi connectivity index (χ4v) is 2.78. The molecule has 0 saturated carbocycles. The van der Waals surface area contributed by atoms with E-state index in [1.54, 1.807) is 26.0 Å². The summed E-state index contributed by atoms with van der Waals surface area (Å²) in [5.74, 6) is -0.186. The summed E-state index contributed by atoms with van der Waals surface area (Å²) in [7, 11) is 0. The molecule has 1 heterocycles. The molecule has 0 aliphatic rings. The van der Waals surface area contributed by atoms with E-state index in [0.29, 0.717) is 21.6 Å². The first-order valence-electron chi connectivity index (χ1n) is 6.67. The van der Waals surface area contributed by atoms with Crippen LogP contribution in [-0.2, 0) is 4.79 Å². The van der Waals surface area contributed by atoms with Crippen molar-refractivity contribution in [2.24, 2.45) is 0 Å². The molecule has 0 spiro atoms. The lowest BCUT2D eigenvalue weighted by molar-refractivity contribution is -0.115. The monoisotopic (exact) mass is 337 g/mol. The second-order valence-electron chi connectivity index (χ2n) is 4.91. The third-order valence-electron chi connectivity index (χ3n) is 2.95. The van der Waals surface area contributed by atoms with Crippen LogP contribution in [0.4, 0.5) is 5.69 Å². The van der Waals surface area contributed by atoms with Crippen LogP contribution in [0.25, 0.3) is 0 Å². The maximum atomic E-state index is 12.2. The van der Waals surface area contributed by atoms with Crippen LogP contribution in [-0.4, -0.2) is 21.1 Å². The van der Waals surface area contributed by atoms with Crippen molar-refractivity contribution >= 4 is 35.0 Å². The second kappa shape index (κ2) is 6.98. The summed E-state index contributed by atoms with van der Waals surface area (Å²) in [5.41, 5.74) is 1.97. The maximum Gasteiger partial charge on any atom is 0.251 e. The van der Waals surface area contributed by atoms with Gasteiger partial charge in [0.1, 0.15) is 0 Å². The molecule has 22 heavy (non-hydrogen) atoms. The maximum absolute atomic E-state index is 12.2. The summed E-state index contributed by atoms with van der Waals surface area (Å²) < 4.78 is 0. The van der Waals surface area contributed by atoms with Crippen LogP contribution < -0.4 is 10.9 Å². The van der Waals surface area contributed by atoms with Gasteiger partial charge in [-0.05, 0) is 38.5 Å². The van der Waals surface area contributed by atoms with Gasteiger partial charge in [0, 0.05) is 22.5 Å². The molecule has 1 aromatic carbocycles. The molecule has 1 aromatic heterocycles. The Bertz CT molecular complexity index is 761. The lowest BCUT2D eigenvalue weighted by Crippen LogP contribution is -2.23. The Hall–Kier alpha value is -1.79. The van der Waals surface area contributed by atoms with Gasteiger partial charge in [-0.15, -0.1) is 0 Å². The van der Waals surface area contributed by atoms with Gasteiger partial charge in [0.25, 0.3) is 5.56 Å². The first-order chi connectivity index (χ1) is 10.3. The number of halogens is 1. The normalized spacial score (nSPS) is 12.0. The van der Waals surface area contributed by atoms with Gasteiger partial charge < -0.3 is 10.3 Å². The summed E-state index contributed by atoms with van der Waals surface area (Å²) in [5, 5.41) is 3.41. The number of aryl methyl sites for hydroxylation is 2. The van der Waals surface area contributed by atoms with E-state index in [1.165, 1.54) is 17.8 Å². The summed E-state index contributed by atoms with van der Waals surface area (Å²) in [4.78, 5) is 30.4. The Morgan fingerprint density at radius 3 is 2.73 bits per heavy atom. The molecular formula is C15H16ClN3O2S. The number of thioether (sulfide) groups is 1. The van der Waals surface area contributed by atoms with E-state index in [9.17, 15) is 9.59 Å². The number of nitrogens with zero attached hydrogens (tertiary/aromatic N) is 1. The highest BCUT2D eigenvalue weighted by Gasteiger charge is 2.16. The van der Waals surface area contributed by atoms with E-state index >= 15 is 0 Å². The van der Waals surface area contributed by atoms with Crippen LogP contribution in [0.5, 0.6) is 0 Å². The van der Waals surface area contributed by atoms with Crippen LogP contribution >= 0.6 is 23.4 Å². The quantitative estimate of drug-likeness (QED) is 0.664. The molecular weight excluding hydrogens is 322 g/mol. The summed E-state index contributed by atoms with van der Waals surface area (Å²) in [6, 6.07) is 6.75. The van der Waals surface area contributed by atoms with Crippen LogP contribution in [0.3, 0.4) is 0 Å². The average Bonchev–Trinajstić information content (AvgIpc) is 2.41. The van der Waals surface area contributed by atoms with Crippen molar-refractivity contribution in [3.8, 4) is 0 Å². The Labute approximate surface area is 137 Å². The van der Waals surface area contributed by atoms with Gasteiger partial charge in [0.15, 0.2) is 5.16 Å². The van der Waals surface area contributed by atoms with E-state index < -0.39 is 5.25 Å². The Kier molecular flexibility index (Phi) is 5.26. The fourth-order valence-electron chi connectivity index (χ4n) is 1.74. The molecule has 0 aliphatic heterocycles. The van der Waals surface area contributed by atoms with E-state index in [2.05, 4.69) is 15.3 Å². The van der Waals surface area contributed by atoms with E-state index in [0.717, 1.165) is 5.56 Å². The zero-order valence-electron chi connectivity index (χ0n) is 12.4. The fraction of sp³-hybridized carbons (Fsp3) is 0.267. The average molecular weight is 338 g/mol. The van der Waals surface area contributed by atoms with Gasteiger partial charge >= 0.3 is 0 Å². The molecule has 2 rings (SSSR count). The van der Waals surface area contributed by atoms with Crippen LogP contribution in [0, 0.1) is 13.8 Å². The number of hydrogen-bond acceptors (Lipinski definition) is 4. The largest absolute Gasteiger partial charge is 0.325 e. The minimum atomic E-state index is -0.412. The van der Waals surface area contributed by atoms with Crippen molar-refractivity contribution in [1.29, 1.82) is 0 Å². The third kappa shape index (κ3) is 4.35. The minimum Gasteiger partial charge on any atom is -0.325 e. The lowest BCUT2D eigenvalue weighted by atomic mass is 10.2. The first kappa shape index (κ1) is 16.6. The number of amides is 1. The second-order valence-corrected chi connectivity index (χ2v) is 6.64. The Morgan fingerprint density at radius 1 is 1.36 bits per heavy atom. The smallest absolute Gasteiger partial charge is 0.251 e. The minimum absolute atomic E-state index is 0.186. The molecule has 5 nitrogen and oxygen atoms in total. The predicted octanol–water partition coefficient (Wildman–Crippen LogP) is 3.16. The highest BCUT2D eigenvalue weighted by atomic mass is 35.5. The summed E-state index contributed by atoms with van der Waals surface area (Å²) >= 11 is 7.23. The third-order valence-corrected chi connectivity index (χ3v) is 4.34. The molecule has 0 aliphatic carbocycles. The van der Waals surface area contributed by atoms with Gasteiger partial charge in [-0.2, -0.15) is 0 Å². The van der Waals surface area contributed by atoms with Crippen molar-refractivity contribution in [1.82, 2.24) is 9.97 Å². The number of aromatic amines is 1. The van der Waals surface area contributed by atoms with Crippen LogP contribution in [0.2, 0.25) is 5.02 Å². The molecule has 2 N–H and O–H groups in total. The van der Waals surface area contributed by atoms with Crippen molar-refractivity contribution < 1.29 is 4.79 Å². The molecule has 1 amide bonds. The zero-order chi connectivity index (χ0) is 16.3. The molecule has 0 radical (unpaired) electrons. The summed E-state index contributed by atoms with van der Waals surface area (Å²) in [6.45, 7) is 5.38. The van der Waals surface area contributed by atoms with E-state index in [4.69, 9.17) is 11.6 Å². The number of benzene rings is 1. The molecule has 7 heteroatoms. The molecule has 0 bridgehead atoms. The van der Waals surface area contributed by atoms with Crippen molar-refractivity contribution in [2.45, 2.75) is 31.2 Å². The number of rotatable bonds is 4. The molecule has 0 saturated heterocycles. The highest BCUT2D eigenvalue weighted by molar-refractivity contribution is 8.00. The number of aromatic nitrogens is 2. The number of nitrogens with one attached hydrogen (secondary N) is 2. The number of carbonyl (C=O) groups excluding carboxylic acids is 1. The van der Waals surface area contributed by atoms with Crippen LogP contribution in [0.1, 0.15) is 18.2 Å². The van der Waals surface area contributed by atoms with Gasteiger partial charge in [-0.25, -0.2) is 4.98 Å². The van der Waals surface area contributed by atoms with Gasteiger partial charge in [0.05, 0.1) is 5.25 Å². The molecule has 2 aromatic rings. The number of carbonyl (C=O) groups is 1. The molecule has 1 unspecified atom stereocenters. The van der Waals surface area contributed by atoms with E-state index in [1.807, 2.05) is 13.0 Å². The van der Waals surface area contributed by atoms with Gasteiger partial charge in [0.2, 0.25) is 5.91 Å². The molecule has 1 atom stereocenters. The predicted molar refractivity (Wildman–Crippen MR) is 89.7 cm³/mol. The molecule has 116 valence electrons. The number of anilines is 1. The standard InChI is InChI=1S/C15H16ClN3O2S/c1-8-4-5-11(7-12(8)16)18-14(21)10(3)22-15-17-9(2)6-13(20)19-15/h4-7,10H,1-3H3,(H,18,21)(H,17,19,20). The van der Waals surface area contributed by atoms with E-state index in [-0.39, 0.29) is 11.5 Å². The SMILES string of the molecule is Cc1cc(=O)[nH]c(SC(C)C(=O)Nc2ccc(C)c(Cl)c2)n1. The highest BCUT2D eigenvalue weighted by Crippen LogP contribution is 2.23. The number of hydrogen-bond donors (Lipinski definition) is 2. The van der Waals surface area contributed by atoms with Gasteiger partial charge in [-0.1, -0.05) is 29.4 Å². The number of H-pyrrole nitrogens is 1. The van der Waals surface area contributed by atoms with Crippen molar-refractivity contribution in [3.05, 3.63) is 50.9 Å². The molecule has 0 fully saturated rings. The Balaban J connectivity index is 2.05. The van der Waals surface area contributed by atoms with Crippen molar-refractivity contribution in [2.75, 3.05) is 5.32 Å². The summed E-state index contributed by atoms with van der Waals surface area (Å²) in [6.07, 6.45) is 0. The van der Waals surface area contributed by atoms with Crippen LogP contribution in [0.15, 0.2) is 34.2 Å². The topological polar surface area (TPSA) is 74.8 Å². The first-order valence-corrected chi connectivity index (χ1v) is 7.92. The Morgan fingerprint density at radius 2 is 2.09 bits per heavy atom.